The monoisotopic (exact) mass is 1640 g/mol. The topological polar surface area (TPSA) is 100 Å². The number of furan rings is 2. The molecule has 0 amide bonds. The van der Waals surface area contributed by atoms with Gasteiger partial charge in [0.25, 0.3) is 0 Å². The van der Waals surface area contributed by atoms with Crippen molar-refractivity contribution in [3.05, 3.63) is 397 Å². The maximum atomic E-state index is 6.97. The number of nitrogens with zero attached hydrogens (tertiary/aromatic N) is 6. The molecule has 25 aromatic rings. The summed E-state index contributed by atoms with van der Waals surface area (Å²) in [6.07, 6.45) is 0. The van der Waals surface area contributed by atoms with Crippen LogP contribution >= 0.6 is 22.7 Å². The summed E-state index contributed by atoms with van der Waals surface area (Å²) in [6.45, 7) is 4.60. The lowest BCUT2D eigenvalue weighted by molar-refractivity contribution is 0.419. The molecule has 586 valence electrons. The third-order valence-electron chi connectivity index (χ3n) is 26.4. The van der Waals surface area contributed by atoms with Crippen LogP contribution in [0, 0.1) is 0 Å². The summed E-state index contributed by atoms with van der Waals surface area (Å²) in [7, 11) is 0. The van der Waals surface area contributed by atoms with Crippen molar-refractivity contribution in [3.8, 4) is 84.6 Å². The van der Waals surface area contributed by atoms with Gasteiger partial charge in [-0.15, -0.1) is 22.7 Å². The summed E-state index contributed by atoms with van der Waals surface area (Å²) in [4.78, 5) is 18.1. The number of hydrogen-bond acceptors (Lipinski definition) is 9. The van der Waals surface area contributed by atoms with Gasteiger partial charge in [0.1, 0.15) is 39.7 Å². The van der Waals surface area contributed by atoms with Crippen LogP contribution in [0.2, 0.25) is 0 Å². The second-order valence-electron chi connectivity index (χ2n) is 33.6. The van der Waals surface area contributed by atoms with Crippen molar-refractivity contribution in [2.75, 3.05) is 0 Å². The van der Waals surface area contributed by atoms with E-state index in [2.05, 4.69) is 403 Å². The molecule has 1 unspecified atom stereocenters. The minimum atomic E-state index is -0.283. The van der Waals surface area contributed by atoms with E-state index < -0.39 is 0 Å². The van der Waals surface area contributed by atoms with E-state index in [1.165, 1.54) is 42.6 Å². The van der Waals surface area contributed by atoms with Gasteiger partial charge in [-0.1, -0.05) is 244 Å². The molecule has 8 aromatic heterocycles. The number of rotatable bonds is 10. The highest BCUT2D eigenvalue weighted by Crippen LogP contribution is 2.54. The molecule has 0 saturated heterocycles. The predicted octanol–water partition coefficient (Wildman–Crippen LogP) is 30.7. The minimum absolute atomic E-state index is 0.144. The van der Waals surface area contributed by atoms with E-state index in [-0.39, 0.29) is 11.5 Å². The van der Waals surface area contributed by atoms with Crippen LogP contribution < -0.4 is 10.1 Å². The number of benzene rings is 17. The Balaban J connectivity index is 0.591. The highest BCUT2D eigenvalue weighted by atomic mass is 32.1. The molecule has 2 aliphatic heterocycles. The lowest BCUT2D eigenvalue weighted by Crippen LogP contribution is -2.32. The molecule has 125 heavy (non-hydrogen) atoms. The quantitative estimate of drug-likeness (QED) is 0.146. The Morgan fingerprint density at radius 3 is 1.73 bits per heavy atom. The first-order valence-corrected chi connectivity index (χ1v) is 44.1. The normalized spacial score (nSPS) is 13.8. The fraction of sp³-hybridized carbons (Fsp3) is 0.0354. The second-order valence-corrected chi connectivity index (χ2v) is 35.8. The summed E-state index contributed by atoms with van der Waals surface area (Å²) in [5.41, 5.74) is 28.4. The smallest absolute Gasteiger partial charge is 0.160 e. The lowest BCUT2D eigenvalue weighted by Gasteiger charge is -2.34. The van der Waals surface area contributed by atoms with Crippen LogP contribution in [0.4, 0.5) is 5.69 Å². The number of para-hydroxylation sites is 4. The molecule has 0 aliphatic carbocycles. The fourth-order valence-electron chi connectivity index (χ4n) is 20.6. The molecule has 1 N–H and O–H groups in total. The number of hydrogen-bond donors (Lipinski definition) is 1. The van der Waals surface area contributed by atoms with Gasteiger partial charge < -0.3 is 32.6 Å². The predicted molar refractivity (Wildman–Crippen MR) is 518 cm³/mol. The molecule has 10 nitrogen and oxygen atoms in total. The molecule has 1 atom stereocenters. The van der Waals surface area contributed by atoms with Crippen LogP contribution in [0.1, 0.15) is 47.0 Å². The number of aliphatic imine (C=N–C) groups is 1. The zero-order valence-electron chi connectivity index (χ0n) is 67.5. The molecule has 0 bridgehead atoms. The number of amidine groups is 1. The van der Waals surface area contributed by atoms with E-state index in [0.29, 0.717) is 5.82 Å². The minimum Gasteiger partial charge on any atom is -0.457 e. The maximum Gasteiger partial charge on any atom is 0.160 e. The Morgan fingerprint density at radius 2 is 0.952 bits per heavy atom. The standard InChI is InChI=1S/C113H69N7O3S2/c1-113(2)84-38-14-18-44-95(84)123-98-63-92-81(62-85(98)113)75-34-10-15-39-86(75)119(92)89-42-23-45-96-101(89)82-60-70(50-55-93(82)121-96)112-115-105(110-107(117-112)79-37-13-20-48-100(79)125-110)69-49-52-73(80(59-69)65-27-7-4-8-28-65)67-30-22-32-72(58-67)118-88-41-17-11-35-77(88)103-91(118)54-53-76-74-33-9-16-40-87(74)120(108(76)103)90-43-24-46-97-102(90)83-61-71(51-56-94(83)122-97)111-114-104(109-106(116-111)78-36-12-19-47-99(78)124-109)68-31-21-29-66(57-68)64-25-5-3-6-26-64/h3-63,104H,1-2H3,(H,114,116). The van der Waals surface area contributed by atoms with E-state index in [4.69, 9.17) is 28.5 Å². The van der Waals surface area contributed by atoms with Crippen molar-refractivity contribution in [1.82, 2.24) is 29.0 Å². The third-order valence-corrected chi connectivity index (χ3v) is 28.8. The second kappa shape index (κ2) is 26.6. The molecule has 27 rings (SSSR count). The summed E-state index contributed by atoms with van der Waals surface area (Å²) < 4.78 is 31.4. The molecule has 10 heterocycles. The Hall–Kier alpha value is -15.7. The summed E-state index contributed by atoms with van der Waals surface area (Å²) in [5, 5.41) is 17.2. The zero-order chi connectivity index (χ0) is 82.0. The van der Waals surface area contributed by atoms with Gasteiger partial charge in [-0.2, -0.15) is 0 Å². The van der Waals surface area contributed by atoms with Crippen LogP contribution in [-0.2, 0) is 5.41 Å². The lowest BCUT2D eigenvalue weighted by atomic mass is 9.75. The van der Waals surface area contributed by atoms with E-state index in [0.717, 1.165) is 214 Å². The summed E-state index contributed by atoms with van der Waals surface area (Å²) >= 11 is 3.56. The molecular weight excluding hydrogens is 1570 g/mol. The molecular formula is C113H69N7O3S2. The third kappa shape index (κ3) is 10.4. The first-order valence-electron chi connectivity index (χ1n) is 42.5. The Bertz CT molecular complexity index is 9000. The van der Waals surface area contributed by atoms with Crippen molar-refractivity contribution in [3.63, 3.8) is 0 Å². The van der Waals surface area contributed by atoms with E-state index in [9.17, 15) is 0 Å². The number of aromatic nitrogens is 5. The largest absolute Gasteiger partial charge is 0.457 e. The Labute approximate surface area is 723 Å². The highest BCUT2D eigenvalue weighted by molar-refractivity contribution is 7.26. The van der Waals surface area contributed by atoms with Gasteiger partial charge in [0.2, 0.25) is 0 Å². The molecule has 12 heteroatoms. The number of nitrogens with one attached hydrogen (secondary N) is 1. The molecule has 17 aromatic carbocycles. The van der Waals surface area contributed by atoms with Crippen LogP contribution in [-0.4, -0.2) is 29.5 Å². The van der Waals surface area contributed by atoms with E-state index in [1.807, 2.05) is 11.3 Å². The van der Waals surface area contributed by atoms with Gasteiger partial charge in [-0.25, -0.2) is 15.0 Å². The van der Waals surface area contributed by atoms with E-state index >= 15 is 0 Å². The van der Waals surface area contributed by atoms with Crippen molar-refractivity contribution in [1.29, 1.82) is 0 Å². The Kier molecular flexibility index (Phi) is 14.9. The summed E-state index contributed by atoms with van der Waals surface area (Å²) in [5.74, 6) is 3.19. The van der Waals surface area contributed by atoms with Gasteiger partial charge in [-0.05, 0) is 172 Å². The SMILES string of the molecule is CC1(C)c2ccccc2Oc2cc3c(cc21)c1ccccc1n3-c1cccc2oc3ccc(-c4nc(-c5ccc(-c6cccc(-n7c8ccccc8c8c7ccc7c9ccccc9n(-c9cccc%10oc%11ccc(C%12=Nc%13c(sc%14ccccc%13%14)C(c%13cccc(-c%14ccccc%14)c%13)N%12)cc%11c9%10)c78)c6)c(-c6ccccc6)c5)c5sc6ccccc6c5n4)cc3c12. The average molecular weight is 1640 g/mol. The van der Waals surface area contributed by atoms with Crippen LogP contribution in [0.25, 0.3) is 213 Å². The molecule has 0 saturated carbocycles. The first-order chi connectivity index (χ1) is 61.7. The number of fused-ring (bicyclic) bond motifs is 24. The van der Waals surface area contributed by atoms with Gasteiger partial charge in [-0.3, -0.25) is 0 Å². The first kappa shape index (κ1) is 70.0. The van der Waals surface area contributed by atoms with Gasteiger partial charge in [0.15, 0.2) is 5.82 Å². The fourth-order valence-corrected chi connectivity index (χ4v) is 23.0. The number of thiophene rings is 2. The van der Waals surface area contributed by atoms with Gasteiger partial charge in [0, 0.05) is 108 Å². The molecule has 0 radical (unpaired) electrons. The van der Waals surface area contributed by atoms with Crippen molar-refractivity contribution in [2.45, 2.75) is 25.3 Å². The maximum absolute atomic E-state index is 6.97. The van der Waals surface area contributed by atoms with Gasteiger partial charge >= 0.3 is 0 Å². The molecule has 2 aliphatic rings. The average Bonchev–Trinajstić information content (AvgIpc) is 1.54. The Morgan fingerprint density at radius 1 is 0.344 bits per heavy atom. The van der Waals surface area contributed by atoms with E-state index in [1.54, 1.807) is 11.3 Å². The highest BCUT2D eigenvalue weighted by Gasteiger charge is 2.37. The zero-order valence-corrected chi connectivity index (χ0v) is 69.2. The molecule has 0 fully saturated rings. The summed E-state index contributed by atoms with van der Waals surface area (Å²) in [6, 6.07) is 134. The van der Waals surface area contributed by atoms with Gasteiger partial charge in [0.05, 0.1) is 87.8 Å². The van der Waals surface area contributed by atoms with Crippen LogP contribution in [0.3, 0.4) is 0 Å². The van der Waals surface area contributed by atoms with Crippen LogP contribution in [0.5, 0.6) is 11.5 Å². The van der Waals surface area contributed by atoms with Crippen LogP contribution in [0.15, 0.2) is 384 Å². The van der Waals surface area contributed by atoms with Crippen molar-refractivity contribution < 1.29 is 13.6 Å². The molecule has 0 spiro atoms. The van der Waals surface area contributed by atoms with Crippen molar-refractivity contribution in [2.24, 2.45) is 4.99 Å². The number of ether oxygens (including phenoxy) is 1. The van der Waals surface area contributed by atoms with Crippen molar-refractivity contribution >= 4 is 174 Å².